The van der Waals surface area contributed by atoms with Gasteiger partial charge in [-0.25, -0.2) is 9.97 Å². The van der Waals surface area contributed by atoms with Gasteiger partial charge in [-0.15, -0.1) is 0 Å². The van der Waals surface area contributed by atoms with E-state index in [1.54, 1.807) is 6.07 Å². The molecule has 0 radical (unpaired) electrons. The number of nitrogens with zero attached hydrogens (tertiary/aromatic N) is 3. The van der Waals surface area contributed by atoms with E-state index in [1.807, 2.05) is 0 Å². The Balaban J connectivity index is 2.58. The standard InChI is InChI=1S/C9H9N5O2/c10-1-5(15)7(16)4-2-12-9-6(4)8(11)13-3-14-9/h2-3,5,7,15-16H,(H3,11,12,13,14). The third-order valence-electron chi connectivity index (χ3n) is 2.28. The monoisotopic (exact) mass is 219 g/mol. The van der Waals surface area contributed by atoms with Crippen LogP contribution in [0.25, 0.3) is 11.0 Å². The molecule has 16 heavy (non-hydrogen) atoms. The van der Waals surface area contributed by atoms with Crippen LogP contribution < -0.4 is 5.73 Å². The van der Waals surface area contributed by atoms with Crippen LogP contribution >= 0.6 is 0 Å². The Labute approximate surface area is 90.2 Å². The number of nitrogen functional groups attached to an aromatic ring is 1. The third kappa shape index (κ3) is 1.46. The summed E-state index contributed by atoms with van der Waals surface area (Å²) < 4.78 is 0. The van der Waals surface area contributed by atoms with Crippen LogP contribution in [-0.4, -0.2) is 31.3 Å². The summed E-state index contributed by atoms with van der Waals surface area (Å²) in [5, 5.41) is 27.9. The second kappa shape index (κ2) is 3.77. The van der Waals surface area contributed by atoms with Gasteiger partial charge in [-0.05, 0) is 0 Å². The lowest BCUT2D eigenvalue weighted by atomic mass is 10.1. The summed E-state index contributed by atoms with van der Waals surface area (Å²) in [6, 6.07) is 1.55. The summed E-state index contributed by atoms with van der Waals surface area (Å²) in [4.78, 5) is 10.5. The molecular formula is C9H9N5O2. The van der Waals surface area contributed by atoms with E-state index in [-0.39, 0.29) is 5.82 Å². The molecule has 0 amide bonds. The molecule has 2 aromatic rings. The van der Waals surface area contributed by atoms with Gasteiger partial charge in [0.1, 0.15) is 23.9 Å². The number of hydrogen-bond acceptors (Lipinski definition) is 6. The van der Waals surface area contributed by atoms with Crippen LogP contribution in [0.15, 0.2) is 12.5 Å². The lowest BCUT2D eigenvalue weighted by Gasteiger charge is -2.10. The molecule has 2 rings (SSSR count). The molecule has 0 saturated heterocycles. The van der Waals surface area contributed by atoms with E-state index in [0.717, 1.165) is 0 Å². The van der Waals surface area contributed by atoms with Crippen LogP contribution in [0.2, 0.25) is 0 Å². The van der Waals surface area contributed by atoms with Crippen molar-refractivity contribution in [1.82, 2.24) is 15.0 Å². The van der Waals surface area contributed by atoms with Crippen LogP contribution in [0.5, 0.6) is 0 Å². The summed E-state index contributed by atoms with van der Waals surface area (Å²) in [5.74, 6) is 0.186. The summed E-state index contributed by atoms with van der Waals surface area (Å²) in [6.45, 7) is 0. The topological polar surface area (TPSA) is 132 Å². The molecule has 2 unspecified atom stereocenters. The highest BCUT2D eigenvalue weighted by atomic mass is 16.3. The third-order valence-corrected chi connectivity index (χ3v) is 2.28. The van der Waals surface area contributed by atoms with Crippen LogP contribution in [0.1, 0.15) is 11.7 Å². The number of nitriles is 1. The average Bonchev–Trinajstić information content (AvgIpc) is 2.72. The molecule has 2 heterocycles. The summed E-state index contributed by atoms with van der Waals surface area (Å²) >= 11 is 0. The lowest BCUT2D eigenvalue weighted by Crippen LogP contribution is -2.15. The average molecular weight is 219 g/mol. The van der Waals surface area contributed by atoms with Crippen molar-refractivity contribution in [3.8, 4) is 6.07 Å². The Bertz CT molecular complexity index is 559. The van der Waals surface area contributed by atoms with E-state index in [0.29, 0.717) is 16.6 Å². The van der Waals surface area contributed by atoms with E-state index in [1.165, 1.54) is 12.5 Å². The second-order valence-electron chi connectivity index (χ2n) is 3.25. The first-order valence-electron chi connectivity index (χ1n) is 4.48. The van der Waals surface area contributed by atoms with Crippen molar-refractivity contribution >= 4 is 16.9 Å². The minimum absolute atomic E-state index is 0.186. The highest BCUT2D eigenvalue weighted by Crippen LogP contribution is 2.27. The Hall–Kier alpha value is -2.17. The molecule has 0 spiro atoms. The molecule has 0 bridgehead atoms. The molecule has 0 fully saturated rings. The number of aliphatic hydroxyl groups excluding tert-OH is 2. The number of fused-ring (bicyclic) bond motifs is 1. The predicted octanol–water partition coefficient (Wildman–Crippen LogP) is -0.542. The van der Waals surface area contributed by atoms with Gasteiger partial charge in [-0.2, -0.15) is 5.26 Å². The van der Waals surface area contributed by atoms with Gasteiger partial charge in [0, 0.05) is 11.8 Å². The molecule has 7 heteroatoms. The Morgan fingerprint density at radius 3 is 2.88 bits per heavy atom. The van der Waals surface area contributed by atoms with E-state index in [2.05, 4.69) is 15.0 Å². The predicted molar refractivity (Wildman–Crippen MR) is 54.9 cm³/mol. The quantitative estimate of drug-likeness (QED) is 0.501. The highest BCUT2D eigenvalue weighted by Gasteiger charge is 2.22. The fraction of sp³-hybridized carbons (Fsp3) is 0.222. The Morgan fingerprint density at radius 2 is 2.19 bits per heavy atom. The fourth-order valence-electron chi connectivity index (χ4n) is 1.49. The number of rotatable bonds is 2. The number of anilines is 1. The molecule has 7 nitrogen and oxygen atoms in total. The maximum absolute atomic E-state index is 9.70. The van der Waals surface area contributed by atoms with Crippen molar-refractivity contribution < 1.29 is 10.2 Å². The van der Waals surface area contributed by atoms with Gasteiger partial charge < -0.3 is 20.9 Å². The zero-order chi connectivity index (χ0) is 11.7. The molecular weight excluding hydrogens is 210 g/mol. The molecule has 2 aromatic heterocycles. The van der Waals surface area contributed by atoms with Gasteiger partial charge in [-0.3, -0.25) is 0 Å². The molecule has 0 aliphatic carbocycles. The lowest BCUT2D eigenvalue weighted by molar-refractivity contribution is 0.0538. The smallest absolute Gasteiger partial charge is 0.170 e. The number of aromatic amines is 1. The maximum Gasteiger partial charge on any atom is 0.170 e. The Kier molecular flexibility index (Phi) is 2.44. The zero-order valence-electron chi connectivity index (χ0n) is 8.12. The van der Waals surface area contributed by atoms with Gasteiger partial charge >= 0.3 is 0 Å². The van der Waals surface area contributed by atoms with Crippen LogP contribution in [0.4, 0.5) is 5.82 Å². The number of hydrogen-bond donors (Lipinski definition) is 4. The van der Waals surface area contributed by atoms with Crippen LogP contribution in [0.3, 0.4) is 0 Å². The van der Waals surface area contributed by atoms with Gasteiger partial charge in [0.2, 0.25) is 0 Å². The number of aromatic nitrogens is 3. The number of aliphatic hydroxyl groups is 2. The molecule has 82 valence electrons. The number of nitrogens with one attached hydrogen (secondary N) is 1. The molecule has 0 saturated carbocycles. The van der Waals surface area contributed by atoms with Crippen molar-refractivity contribution in [3.63, 3.8) is 0 Å². The minimum Gasteiger partial charge on any atom is -0.384 e. The molecule has 5 N–H and O–H groups in total. The van der Waals surface area contributed by atoms with Gasteiger partial charge in [0.25, 0.3) is 0 Å². The molecule has 2 atom stereocenters. The van der Waals surface area contributed by atoms with Crippen LogP contribution in [0, 0.1) is 11.3 Å². The van der Waals surface area contributed by atoms with Gasteiger partial charge in [-0.1, -0.05) is 0 Å². The van der Waals surface area contributed by atoms with Crippen molar-refractivity contribution in [2.24, 2.45) is 0 Å². The number of nitrogens with two attached hydrogens (primary N) is 1. The largest absolute Gasteiger partial charge is 0.384 e. The molecule has 0 aliphatic rings. The van der Waals surface area contributed by atoms with Crippen molar-refractivity contribution in [3.05, 3.63) is 18.1 Å². The summed E-state index contributed by atoms with van der Waals surface area (Å²) in [5.41, 5.74) is 6.39. The van der Waals surface area contributed by atoms with Gasteiger partial charge in [0.05, 0.1) is 11.5 Å². The van der Waals surface area contributed by atoms with E-state index in [4.69, 9.17) is 11.0 Å². The van der Waals surface area contributed by atoms with E-state index in [9.17, 15) is 10.2 Å². The normalized spacial score (nSPS) is 14.6. The van der Waals surface area contributed by atoms with Gasteiger partial charge in [0.15, 0.2) is 6.10 Å². The second-order valence-corrected chi connectivity index (χ2v) is 3.25. The first kappa shape index (κ1) is 10.4. The zero-order valence-corrected chi connectivity index (χ0v) is 8.12. The fourth-order valence-corrected chi connectivity index (χ4v) is 1.49. The van der Waals surface area contributed by atoms with Crippen molar-refractivity contribution in [2.75, 3.05) is 5.73 Å². The SMILES string of the molecule is N#CC(O)C(O)c1c[nH]c2ncnc(N)c12. The van der Waals surface area contributed by atoms with E-state index < -0.39 is 12.2 Å². The minimum atomic E-state index is -1.52. The number of H-pyrrole nitrogens is 1. The Morgan fingerprint density at radius 1 is 1.44 bits per heavy atom. The summed E-state index contributed by atoms with van der Waals surface area (Å²) in [7, 11) is 0. The van der Waals surface area contributed by atoms with Crippen LogP contribution in [-0.2, 0) is 0 Å². The first-order chi connectivity index (χ1) is 7.65. The molecule has 0 aliphatic heterocycles. The molecule has 0 aromatic carbocycles. The van der Waals surface area contributed by atoms with Crippen molar-refractivity contribution in [2.45, 2.75) is 12.2 Å². The van der Waals surface area contributed by atoms with E-state index >= 15 is 0 Å². The van der Waals surface area contributed by atoms with Crippen molar-refractivity contribution in [1.29, 1.82) is 5.26 Å². The maximum atomic E-state index is 9.70. The summed E-state index contributed by atoms with van der Waals surface area (Å²) in [6.07, 6.45) is -0.128. The highest BCUT2D eigenvalue weighted by molar-refractivity contribution is 5.89. The first-order valence-corrected chi connectivity index (χ1v) is 4.48.